The lowest BCUT2D eigenvalue weighted by molar-refractivity contribution is -0.143. The Bertz CT molecular complexity index is 428. The molecule has 0 saturated carbocycles. The van der Waals surface area contributed by atoms with Gasteiger partial charge in [-0.2, -0.15) is 0 Å². The van der Waals surface area contributed by atoms with Crippen LogP contribution in [0.2, 0.25) is 0 Å². The van der Waals surface area contributed by atoms with Gasteiger partial charge in [-0.05, 0) is 12.8 Å². The summed E-state index contributed by atoms with van der Waals surface area (Å²) in [6, 6.07) is -0.815. The number of likely N-dealkylation sites (N-methyl/N-ethyl adjacent to an activating group) is 1. The van der Waals surface area contributed by atoms with Crippen LogP contribution >= 0.6 is 11.3 Å². The Labute approximate surface area is 104 Å². The van der Waals surface area contributed by atoms with E-state index in [0.29, 0.717) is 4.88 Å². The van der Waals surface area contributed by atoms with E-state index >= 15 is 0 Å². The highest BCUT2D eigenvalue weighted by Crippen LogP contribution is 2.17. The molecule has 94 valence electrons. The van der Waals surface area contributed by atoms with Crippen molar-refractivity contribution in [1.82, 2.24) is 9.88 Å². The molecular formula is C11H16N2O3S. The summed E-state index contributed by atoms with van der Waals surface area (Å²) < 4.78 is 0. The number of aromatic nitrogens is 1. The van der Waals surface area contributed by atoms with Gasteiger partial charge in [0.05, 0.1) is 11.2 Å². The molecule has 0 radical (unpaired) electrons. The molecule has 0 spiro atoms. The predicted octanol–water partition coefficient (Wildman–Crippen LogP) is 1.63. The van der Waals surface area contributed by atoms with Gasteiger partial charge in [-0.15, -0.1) is 11.3 Å². The van der Waals surface area contributed by atoms with Crippen LogP contribution in [0, 0.1) is 12.8 Å². The van der Waals surface area contributed by atoms with E-state index in [0.717, 1.165) is 5.01 Å². The lowest BCUT2D eigenvalue weighted by Gasteiger charge is -2.27. The van der Waals surface area contributed by atoms with Crippen molar-refractivity contribution in [3.8, 4) is 0 Å². The SMILES string of the molecule is Cc1ncc(C(=O)N(C)C(C(=O)O)C(C)C)s1. The summed E-state index contributed by atoms with van der Waals surface area (Å²) in [6.45, 7) is 5.36. The highest BCUT2D eigenvalue weighted by Gasteiger charge is 2.30. The van der Waals surface area contributed by atoms with Crippen molar-refractivity contribution >= 4 is 23.2 Å². The van der Waals surface area contributed by atoms with E-state index in [1.165, 1.54) is 29.5 Å². The van der Waals surface area contributed by atoms with Gasteiger partial charge >= 0.3 is 5.97 Å². The van der Waals surface area contributed by atoms with Crippen molar-refractivity contribution < 1.29 is 14.7 Å². The molecular weight excluding hydrogens is 240 g/mol. The number of hydrogen-bond donors (Lipinski definition) is 1. The number of amides is 1. The van der Waals surface area contributed by atoms with Gasteiger partial charge < -0.3 is 10.0 Å². The van der Waals surface area contributed by atoms with Crippen LogP contribution in [0.3, 0.4) is 0 Å². The molecule has 6 heteroatoms. The summed E-state index contributed by atoms with van der Waals surface area (Å²) in [6.07, 6.45) is 1.48. The topological polar surface area (TPSA) is 70.5 Å². The Hall–Kier alpha value is -1.43. The van der Waals surface area contributed by atoms with Gasteiger partial charge in [-0.1, -0.05) is 13.8 Å². The van der Waals surface area contributed by atoms with E-state index in [-0.39, 0.29) is 11.8 Å². The van der Waals surface area contributed by atoms with E-state index in [1.54, 1.807) is 20.8 Å². The molecule has 1 unspecified atom stereocenters. The highest BCUT2D eigenvalue weighted by molar-refractivity contribution is 7.13. The highest BCUT2D eigenvalue weighted by atomic mass is 32.1. The molecule has 0 aliphatic carbocycles. The lowest BCUT2D eigenvalue weighted by atomic mass is 10.0. The largest absolute Gasteiger partial charge is 0.480 e. The van der Waals surface area contributed by atoms with E-state index in [4.69, 9.17) is 5.11 Å². The molecule has 17 heavy (non-hydrogen) atoms. The Morgan fingerprint density at radius 2 is 2.06 bits per heavy atom. The summed E-state index contributed by atoms with van der Waals surface area (Å²) >= 11 is 1.27. The first-order valence-electron chi connectivity index (χ1n) is 5.27. The third-order valence-electron chi connectivity index (χ3n) is 2.45. The number of carbonyl (C=O) groups is 2. The molecule has 1 amide bonds. The number of rotatable bonds is 4. The van der Waals surface area contributed by atoms with Crippen LogP contribution in [-0.4, -0.2) is 40.0 Å². The monoisotopic (exact) mass is 256 g/mol. The van der Waals surface area contributed by atoms with E-state index in [9.17, 15) is 9.59 Å². The zero-order valence-electron chi connectivity index (χ0n) is 10.3. The molecule has 0 saturated heterocycles. The average Bonchev–Trinajstić information content (AvgIpc) is 2.62. The van der Waals surface area contributed by atoms with Crippen molar-refractivity contribution in [3.63, 3.8) is 0 Å². The van der Waals surface area contributed by atoms with Gasteiger partial charge in [-0.3, -0.25) is 4.79 Å². The summed E-state index contributed by atoms with van der Waals surface area (Å²) in [5, 5.41) is 9.90. The van der Waals surface area contributed by atoms with Crippen molar-refractivity contribution in [3.05, 3.63) is 16.1 Å². The maximum Gasteiger partial charge on any atom is 0.326 e. The fourth-order valence-electron chi connectivity index (χ4n) is 1.66. The van der Waals surface area contributed by atoms with Crippen LogP contribution < -0.4 is 0 Å². The predicted molar refractivity (Wildman–Crippen MR) is 65.2 cm³/mol. The van der Waals surface area contributed by atoms with E-state index in [2.05, 4.69) is 4.98 Å². The summed E-state index contributed by atoms with van der Waals surface area (Å²) in [4.78, 5) is 28.9. The second-order valence-corrected chi connectivity index (χ2v) is 5.42. The molecule has 1 rings (SSSR count). The molecule has 1 atom stereocenters. The Morgan fingerprint density at radius 1 is 1.47 bits per heavy atom. The first-order valence-corrected chi connectivity index (χ1v) is 6.08. The van der Waals surface area contributed by atoms with Crippen molar-refractivity contribution in [2.75, 3.05) is 7.05 Å². The molecule has 1 aromatic rings. The molecule has 0 aliphatic rings. The number of hydrogen-bond acceptors (Lipinski definition) is 4. The van der Waals surface area contributed by atoms with E-state index < -0.39 is 12.0 Å². The molecule has 0 aliphatic heterocycles. The number of carbonyl (C=O) groups excluding carboxylic acids is 1. The standard InChI is InChI=1S/C11H16N2O3S/c1-6(2)9(11(15)16)13(4)10(14)8-5-12-7(3)17-8/h5-6,9H,1-4H3,(H,15,16). The number of aliphatic carboxylic acids is 1. The fraction of sp³-hybridized carbons (Fsp3) is 0.545. The molecule has 1 aromatic heterocycles. The second-order valence-electron chi connectivity index (χ2n) is 4.19. The van der Waals surface area contributed by atoms with E-state index in [1.807, 2.05) is 0 Å². The maximum absolute atomic E-state index is 12.0. The number of thiazole rings is 1. The minimum atomic E-state index is -0.989. The minimum Gasteiger partial charge on any atom is -0.480 e. The Kier molecular flexibility index (Phi) is 4.22. The Morgan fingerprint density at radius 3 is 2.41 bits per heavy atom. The zero-order chi connectivity index (χ0) is 13.2. The van der Waals surface area contributed by atoms with Gasteiger partial charge in [0.2, 0.25) is 0 Å². The molecule has 0 aromatic carbocycles. The van der Waals surface area contributed by atoms with Crippen LogP contribution in [0.1, 0.15) is 28.5 Å². The molecule has 0 bridgehead atoms. The van der Waals surface area contributed by atoms with Crippen molar-refractivity contribution in [1.29, 1.82) is 0 Å². The second kappa shape index (κ2) is 5.27. The average molecular weight is 256 g/mol. The maximum atomic E-state index is 12.0. The third-order valence-corrected chi connectivity index (χ3v) is 3.35. The smallest absolute Gasteiger partial charge is 0.326 e. The van der Waals surface area contributed by atoms with Gasteiger partial charge in [0, 0.05) is 7.05 Å². The zero-order valence-corrected chi connectivity index (χ0v) is 11.1. The third kappa shape index (κ3) is 3.03. The van der Waals surface area contributed by atoms with Crippen LogP contribution in [0.15, 0.2) is 6.20 Å². The molecule has 1 heterocycles. The van der Waals surface area contributed by atoms with Gasteiger partial charge in [0.25, 0.3) is 5.91 Å². The Balaban J connectivity index is 2.91. The number of carboxylic acid groups (broad SMARTS) is 1. The van der Waals surface area contributed by atoms with Crippen LogP contribution in [-0.2, 0) is 4.79 Å². The normalized spacial score (nSPS) is 12.5. The van der Waals surface area contributed by atoms with Crippen LogP contribution in [0.25, 0.3) is 0 Å². The summed E-state index contributed by atoms with van der Waals surface area (Å²) in [5.74, 6) is -1.43. The van der Waals surface area contributed by atoms with Gasteiger partial charge in [0.1, 0.15) is 10.9 Å². The molecule has 5 nitrogen and oxygen atoms in total. The quantitative estimate of drug-likeness (QED) is 0.889. The van der Waals surface area contributed by atoms with Gasteiger partial charge in [-0.25, -0.2) is 9.78 Å². The fourth-order valence-corrected chi connectivity index (χ4v) is 2.42. The van der Waals surface area contributed by atoms with Gasteiger partial charge in [0.15, 0.2) is 0 Å². The summed E-state index contributed by atoms with van der Waals surface area (Å²) in [7, 11) is 1.51. The van der Waals surface area contributed by atoms with Crippen molar-refractivity contribution in [2.45, 2.75) is 26.8 Å². The summed E-state index contributed by atoms with van der Waals surface area (Å²) in [5.41, 5.74) is 0. The first kappa shape index (κ1) is 13.6. The molecule has 0 fully saturated rings. The lowest BCUT2D eigenvalue weighted by Crippen LogP contribution is -2.45. The minimum absolute atomic E-state index is 0.143. The molecule has 1 N–H and O–H groups in total. The van der Waals surface area contributed by atoms with Crippen molar-refractivity contribution in [2.24, 2.45) is 5.92 Å². The van der Waals surface area contributed by atoms with Crippen LogP contribution in [0.5, 0.6) is 0 Å². The first-order chi connectivity index (χ1) is 7.84. The number of nitrogens with zero attached hydrogens (tertiary/aromatic N) is 2. The van der Waals surface area contributed by atoms with Crippen LogP contribution in [0.4, 0.5) is 0 Å². The number of aryl methyl sites for hydroxylation is 1. The number of carboxylic acids is 1.